The van der Waals surface area contributed by atoms with Gasteiger partial charge < -0.3 is 16.0 Å². The zero-order valence-corrected chi connectivity index (χ0v) is 11.5. The van der Waals surface area contributed by atoms with Crippen molar-refractivity contribution in [3.63, 3.8) is 0 Å². The molecule has 0 aliphatic heterocycles. The first-order chi connectivity index (χ1) is 7.29. The molecule has 4 nitrogen and oxygen atoms in total. The average Bonchev–Trinajstić information content (AvgIpc) is 2.20. The first-order valence-corrected chi connectivity index (χ1v) is 6.13. The van der Waals surface area contributed by atoms with Gasteiger partial charge in [-0.05, 0) is 11.8 Å². The van der Waals surface area contributed by atoms with Crippen LogP contribution in [0, 0.1) is 5.41 Å². The van der Waals surface area contributed by atoms with Gasteiger partial charge in [0, 0.05) is 32.1 Å². The summed E-state index contributed by atoms with van der Waals surface area (Å²) in [5.41, 5.74) is 5.95. The molecule has 0 saturated heterocycles. The molecule has 0 aromatic rings. The van der Waals surface area contributed by atoms with Gasteiger partial charge in [0.1, 0.15) is 0 Å². The Hall–Kier alpha value is -0.480. The summed E-state index contributed by atoms with van der Waals surface area (Å²) in [5, 5.41) is 2.82. The quantitative estimate of drug-likeness (QED) is 0.728. The largest absolute Gasteiger partial charge is 0.336 e. The van der Waals surface area contributed by atoms with Crippen LogP contribution in [0.25, 0.3) is 0 Å². The van der Waals surface area contributed by atoms with E-state index in [2.05, 4.69) is 26.1 Å². The van der Waals surface area contributed by atoms with Gasteiger partial charge in [-0.1, -0.05) is 20.8 Å². The molecular weight excluding hydrogens is 226 g/mol. The molecule has 0 fully saturated rings. The second kappa shape index (κ2) is 6.97. The van der Waals surface area contributed by atoms with E-state index in [1.165, 1.54) is 0 Å². The van der Waals surface area contributed by atoms with Crippen LogP contribution in [0.3, 0.4) is 0 Å². The molecule has 2 amide bonds. The van der Waals surface area contributed by atoms with Crippen molar-refractivity contribution in [2.75, 3.05) is 26.0 Å². The third-order valence-corrected chi connectivity index (χ3v) is 2.83. The lowest BCUT2D eigenvalue weighted by Crippen LogP contribution is -2.48. The number of carbonyl (C=O) groups excluding carboxylic acids is 1. The van der Waals surface area contributed by atoms with Crippen molar-refractivity contribution < 1.29 is 4.79 Å². The molecule has 0 aliphatic rings. The lowest BCUT2D eigenvalue weighted by Gasteiger charge is -2.28. The van der Waals surface area contributed by atoms with Crippen molar-refractivity contribution in [2.24, 2.45) is 11.1 Å². The zero-order valence-electron chi connectivity index (χ0n) is 10.7. The maximum atomic E-state index is 11.6. The SMILES string of the molecule is CN(CCCCl)C(=O)NCC(N)C(C)(C)C. The number of alkyl halides is 1. The van der Waals surface area contributed by atoms with Gasteiger partial charge in [-0.2, -0.15) is 0 Å². The predicted molar refractivity (Wildman–Crippen MR) is 68.8 cm³/mol. The van der Waals surface area contributed by atoms with E-state index in [9.17, 15) is 4.79 Å². The number of carbonyl (C=O) groups is 1. The highest BCUT2D eigenvalue weighted by molar-refractivity contribution is 6.17. The van der Waals surface area contributed by atoms with Gasteiger partial charge in [-0.25, -0.2) is 4.79 Å². The zero-order chi connectivity index (χ0) is 12.8. The number of nitrogens with two attached hydrogens (primary N) is 1. The summed E-state index contributed by atoms with van der Waals surface area (Å²) in [6.07, 6.45) is 0.802. The van der Waals surface area contributed by atoms with E-state index in [0.717, 1.165) is 6.42 Å². The third-order valence-electron chi connectivity index (χ3n) is 2.56. The minimum Gasteiger partial charge on any atom is -0.336 e. The van der Waals surface area contributed by atoms with Crippen molar-refractivity contribution in [3.05, 3.63) is 0 Å². The Morgan fingerprint density at radius 3 is 2.50 bits per heavy atom. The van der Waals surface area contributed by atoms with Crippen LogP contribution in [0.2, 0.25) is 0 Å². The fourth-order valence-corrected chi connectivity index (χ4v) is 1.16. The first kappa shape index (κ1) is 15.5. The fraction of sp³-hybridized carbons (Fsp3) is 0.909. The van der Waals surface area contributed by atoms with Crippen LogP contribution in [0.1, 0.15) is 27.2 Å². The van der Waals surface area contributed by atoms with Gasteiger partial charge in [-0.15, -0.1) is 11.6 Å². The molecule has 0 aliphatic carbocycles. The van der Waals surface area contributed by atoms with Crippen LogP contribution in [0.15, 0.2) is 0 Å². The van der Waals surface area contributed by atoms with Crippen molar-refractivity contribution in [2.45, 2.75) is 33.2 Å². The Balaban J connectivity index is 3.89. The van der Waals surface area contributed by atoms with Crippen molar-refractivity contribution >= 4 is 17.6 Å². The number of nitrogens with zero attached hydrogens (tertiary/aromatic N) is 1. The Bertz CT molecular complexity index is 216. The standard InChI is InChI=1S/C11H24ClN3O/c1-11(2,3)9(13)8-14-10(16)15(4)7-5-6-12/h9H,5-8,13H2,1-4H3,(H,14,16). The first-order valence-electron chi connectivity index (χ1n) is 5.59. The van der Waals surface area contributed by atoms with Gasteiger partial charge in [0.15, 0.2) is 0 Å². The molecule has 5 heteroatoms. The van der Waals surface area contributed by atoms with Gasteiger partial charge in [0.25, 0.3) is 0 Å². The van der Waals surface area contributed by atoms with Crippen LogP contribution >= 0.6 is 11.6 Å². The normalized spacial score (nSPS) is 13.4. The summed E-state index contributed by atoms with van der Waals surface area (Å²) in [4.78, 5) is 13.2. The molecule has 0 rings (SSSR count). The van der Waals surface area contributed by atoms with E-state index in [-0.39, 0.29) is 17.5 Å². The number of urea groups is 1. The number of rotatable bonds is 5. The topological polar surface area (TPSA) is 58.4 Å². The molecular formula is C11H24ClN3O. The van der Waals surface area contributed by atoms with E-state index < -0.39 is 0 Å². The van der Waals surface area contributed by atoms with Crippen molar-refractivity contribution in [1.82, 2.24) is 10.2 Å². The lowest BCUT2D eigenvalue weighted by atomic mass is 9.87. The smallest absolute Gasteiger partial charge is 0.317 e. The Morgan fingerprint density at radius 2 is 2.06 bits per heavy atom. The highest BCUT2D eigenvalue weighted by Crippen LogP contribution is 2.16. The Kier molecular flexibility index (Phi) is 6.76. The molecule has 0 aromatic heterocycles. The molecule has 0 bridgehead atoms. The van der Waals surface area contributed by atoms with Crippen molar-refractivity contribution in [1.29, 1.82) is 0 Å². The number of nitrogens with one attached hydrogen (secondary N) is 1. The summed E-state index contributed by atoms with van der Waals surface area (Å²) in [7, 11) is 1.75. The van der Waals surface area contributed by atoms with Crippen LogP contribution in [-0.2, 0) is 0 Å². The number of hydrogen-bond acceptors (Lipinski definition) is 2. The minimum absolute atomic E-state index is 0.00197. The van der Waals surface area contributed by atoms with Gasteiger partial charge in [0.2, 0.25) is 0 Å². The maximum Gasteiger partial charge on any atom is 0.317 e. The maximum absolute atomic E-state index is 11.6. The molecule has 1 atom stereocenters. The van der Waals surface area contributed by atoms with Crippen LogP contribution in [0.5, 0.6) is 0 Å². The van der Waals surface area contributed by atoms with Crippen LogP contribution < -0.4 is 11.1 Å². The highest BCUT2D eigenvalue weighted by Gasteiger charge is 2.21. The summed E-state index contributed by atoms with van der Waals surface area (Å²) in [6, 6.07) is -0.136. The minimum atomic E-state index is -0.0928. The average molecular weight is 250 g/mol. The van der Waals surface area contributed by atoms with E-state index in [1.807, 2.05) is 0 Å². The van der Waals surface area contributed by atoms with Crippen LogP contribution in [-0.4, -0.2) is 43.0 Å². The van der Waals surface area contributed by atoms with Crippen molar-refractivity contribution in [3.8, 4) is 0 Å². The lowest BCUT2D eigenvalue weighted by molar-refractivity contribution is 0.204. The molecule has 96 valence electrons. The second-order valence-corrected chi connectivity index (χ2v) is 5.50. The summed E-state index contributed by atoms with van der Waals surface area (Å²) < 4.78 is 0. The molecule has 0 heterocycles. The molecule has 16 heavy (non-hydrogen) atoms. The number of amides is 2. The summed E-state index contributed by atoms with van der Waals surface area (Å²) in [5.74, 6) is 0.569. The predicted octanol–water partition coefficient (Wildman–Crippen LogP) is 1.63. The number of halogens is 1. The van der Waals surface area contributed by atoms with E-state index >= 15 is 0 Å². The molecule has 3 N–H and O–H groups in total. The van der Waals surface area contributed by atoms with E-state index in [1.54, 1.807) is 11.9 Å². The second-order valence-electron chi connectivity index (χ2n) is 5.12. The van der Waals surface area contributed by atoms with Gasteiger partial charge in [0.05, 0.1) is 0 Å². The third kappa shape index (κ3) is 6.18. The number of hydrogen-bond donors (Lipinski definition) is 2. The molecule has 0 spiro atoms. The van der Waals surface area contributed by atoms with E-state index in [0.29, 0.717) is 19.0 Å². The van der Waals surface area contributed by atoms with Gasteiger partial charge >= 0.3 is 6.03 Å². The Morgan fingerprint density at radius 1 is 1.50 bits per heavy atom. The van der Waals surface area contributed by atoms with E-state index in [4.69, 9.17) is 17.3 Å². The monoisotopic (exact) mass is 249 g/mol. The highest BCUT2D eigenvalue weighted by atomic mass is 35.5. The van der Waals surface area contributed by atoms with Crippen LogP contribution in [0.4, 0.5) is 4.79 Å². The molecule has 0 aromatic carbocycles. The summed E-state index contributed by atoms with van der Waals surface area (Å²) in [6.45, 7) is 7.33. The summed E-state index contributed by atoms with van der Waals surface area (Å²) >= 11 is 5.56. The molecule has 1 unspecified atom stereocenters. The molecule has 0 radical (unpaired) electrons. The fourth-order valence-electron chi connectivity index (χ4n) is 1.04. The molecule has 0 saturated carbocycles. The Labute approximate surface area is 104 Å². The van der Waals surface area contributed by atoms with Gasteiger partial charge in [-0.3, -0.25) is 0 Å².